The second kappa shape index (κ2) is 8.40. The third-order valence-electron chi connectivity index (χ3n) is 3.18. The summed E-state index contributed by atoms with van der Waals surface area (Å²) in [4.78, 5) is 60.0. The maximum Gasteiger partial charge on any atom is 0.490 e. The number of ether oxygens (including phenoxy) is 1. The van der Waals surface area contributed by atoms with Crippen molar-refractivity contribution in [2.45, 2.75) is 24.9 Å². The van der Waals surface area contributed by atoms with E-state index in [0.29, 0.717) is 0 Å². The third-order valence-corrected chi connectivity index (χ3v) is 6.99. The van der Waals surface area contributed by atoms with E-state index in [0.717, 1.165) is 16.8 Å². The van der Waals surface area contributed by atoms with Crippen LogP contribution in [0.15, 0.2) is 21.9 Å². The molecule has 1 aromatic rings. The van der Waals surface area contributed by atoms with Gasteiger partial charge in [0.1, 0.15) is 12.3 Å². The van der Waals surface area contributed by atoms with E-state index in [1.165, 1.54) is 0 Å². The Bertz CT molecular complexity index is 965. The number of aliphatic hydroxyl groups excluding tert-OH is 1. The molecule has 0 aliphatic carbocycles. The highest BCUT2D eigenvalue weighted by molar-refractivity contribution is 7.66. The van der Waals surface area contributed by atoms with Gasteiger partial charge in [-0.3, -0.25) is 18.9 Å². The molecule has 16 nitrogen and oxygen atoms in total. The largest absolute Gasteiger partial charge is 0.490 e. The van der Waals surface area contributed by atoms with Crippen LogP contribution in [0.2, 0.25) is 0 Å². The van der Waals surface area contributed by atoms with E-state index in [4.69, 9.17) is 19.4 Å². The number of nitrogens with zero attached hydrogens (tertiary/aromatic N) is 1. The summed E-state index contributed by atoms with van der Waals surface area (Å²) in [6.45, 7) is -0.876. The lowest BCUT2D eigenvalue weighted by atomic mass is 10.2. The SMILES string of the molecule is O=c1ccn([C@@H]2C[C@H](O)[C@@H](COP(=O)(O)OP(=O)(O)OP(=O)(O)O)O2)c(=O)[nH]1. The minimum atomic E-state index is -5.67. The first-order chi connectivity index (χ1) is 12.7. The molecular formula is C9H15N2O14P3. The number of nitrogens with one attached hydrogen (secondary N) is 1. The van der Waals surface area contributed by atoms with Crippen molar-refractivity contribution in [3.8, 4) is 0 Å². The van der Waals surface area contributed by atoms with E-state index < -0.39 is 59.8 Å². The van der Waals surface area contributed by atoms with Crippen molar-refractivity contribution < 1.29 is 56.3 Å². The minimum Gasteiger partial charge on any atom is -0.390 e. The number of aliphatic hydroxyl groups is 1. The summed E-state index contributed by atoms with van der Waals surface area (Å²) in [6, 6.07) is 1.02. The average Bonchev–Trinajstić information content (AvgIpc) is 2.82. The van der Waals surface area contributed by atoms with E-state index >= 15 is 0 Å². The van der Waals surface area contributed by atoms with Crippen molar-refractivity contribution in [1.82, 2.24) is 9.55 Å². The molecule has 1 saturated heterocycles. The van der Waals surface area contributed by atoms with Crippen molar-refractivity contribution >= 4 is 23.5 Å². The molecule has 0 amide bonds. The van der Waals surface area contributed by atoms with Crippen LogP contribution in [0.5, 0.6) is 0 Å². The van der Waals surface area contributed by atoms with Crippen molar-refractivity contribution in [3.63, 3.8) is 0 Å². The van der Waals surface area contributed by atoms with Gasteiger partial charge >= 0.3 is 29.2 Å². The molecule has 1 aliphatic rings. The molecule has 0 saturated carbocycles. The van der Waals surface area contributed by atoms with Gasteiger partial charge in [-0.2, -0.15) is 8.62 Å². The van der Waals surface area contributed by atoms with Crippen LogP contribution in [0.1, 0.15) is 12.6 Å². The lowest BCUT2D eigenvalue weighted by Crippen LogP contribution is -2.31. The molecule has 1 aromatic heterocycles. The molecular weight excluding hydrogens is 453 g/mol. The highest BCUT2D eigenvalue weighted by Crippen LogP contribution is 2.66. The Morgan fingerprint density at radius 1 is 1.14 bits per heavy atom. The molecule has 0 radical (unpaired) electrons. The van der Waals surface area contributed by atoms with Crippen LogP contribution in [0.4, 0.5) is 0 Å². The second-order valence-corrected chi connectivity index (χ2v) is 9.76. The van der Waals surface area contributed by atoms with E-state index in [1.54, 1.807) is 0 Å². The zero-order chi connectivity index (χ0) is 21.3. The summed E-state index contributed by atoms with van der Waals surface area (Å²) in [6.07, 6.45) is -2.74. The molecule has 1 fully saturated rings. The minimum absolute atomic E-state index is 0.170. The number of H-pyrrole nitrogens is 1. The zero-order valence-electron chi connectivity index (χ0n) is 13.5. The number of aromatic nitrogens is 2. The Balaban J connectivity index is 1.99. The number of rotatable bonds is 8. The first kappa shape index (κ1) is 23.3. The Morgan fingerprint density at radius 3 is 2.36 bits per heavy atom. The molecule has 0 spiro atoms. The maximum atomic E-state index is 11.7. The van der Waals surface area contributed by atoms with Crippen LogP contribution >= 0.6 is 23.5 Å². The highest BCUT2D eigenvalue weighted by Gasteiger charge is 2.42. The monoisotopic (exact) mass is 468 g/mol. The maximum absolute atomic E-state index is 11.7. The average molecular weight is 468 g/mol. The van der Waals surface area contributed by atoms with Gasteiger partial charge in [-0.05, 0) is 0 Å². The number of phosphoric ester groups is 1. The van der Waals surface area contributed by atoms with E-state index in [-0.39, 0.29) is 6.42 Å². The molecule has 2 unspecified atom stereocenters. The Kier molecular flexibility index (Phi) is 6.99. The molecule has 0 bridgehead atoms. The molecule has 19 heteroatoms. The van der Waals surface area contributed by atoms with Crippen LogP contribution in [-0.4, -0.2) is 53.0 Å². The molecule has 0 aromatic carbocycles. The molecule has 2 rings (SSSR count). The molecule has 5 atom stereocenters. The summed E-state index contributed by atoms with van der Waals surface area (Å²) in [7, 11) is -16.6. The van der Waals surface area contributed by atoms with Gasteiger partial charge in [-0.25, -0.2) is 18.5 Å². The lowest BCUT2D eigenvalue weighted by molar-refractivity contribution is -0.0450. The summed E-state index contributed by atoms with van der Waals surface area (Å²) >= 11 is 0. The van der Waals surface area contributed by atoms with E-state index in [1.807, 2.05) is 4.98 Å². The van der Waals surface area contributed by atoms with Crippen LogP contribution in [0.25, 0.3) is 0 Å². The van der Waals surface area contributed by atoms with Gasteiger partial charge in [0.05, 0.1) is 12.7 Å². The van der Waals surface area contributed by atoms with Crippen molar-refractivity contribution in [2.75, 3.05) is 6.61 Å². The first-order valence-electron chi connectivity index (χ1n) is 7.11. The van der Waals surface area contributed by atoms with Crippen molar-refractivity contribution in [3.05, 3.63) is 33.1 Å². The van der Waals surface area contributed by atoms with Crippen LogP contribution in [-0.2, 0) is 31.6 Å². The van der Waals surface area contributed by atoms with Crippen LogP contribution in [0.3, 0.4) is 0 Å². The molecule has 2 heterocycles. The van der Waals surface area contributed by atoms with E-state index in [2.05, 4.69) is 13.1 Å². The third kappa shape index (κ3) is 6.81. The second-order valence-electron chi connectivity index (χ2n) is 5.34. The van der Waals surface area contributed by atoms with Crippen molar-refractivity contribution in [2.24, 2.45) is 0 Å². The molecule has 6 N–H and O–H groups in total. The van der Waals surface area contributed by atoms with Gasteiger partial charge in [0.15, 0.2) is 0 Å². The number of hydrogen-bond donors (Lipinski definition) is 6. The summed E-state index contributed by atoms with van der Waals surface area (Å²) in [5, 5.41) is 9.91. The topological polar surface area (TPSA) is 244 Å². The fourth-order valence-corrected chi connectivity index (χ4v) is 5.19. The molecule has 28 heavy (non-hydrogen) atoms. The van der Waals surface area contributed by atoms with Gasteiger partial charge in [0.2, 0.25) is 0 Å². The van der Waals surface area contributed by atoms with Crippen LogP contribution < -0.4 is 11.2 Å². The van der Waals surface area contributed by atoms with Gasteiger partial charge in [-0.15, -0.1) is 0 Å². The first-order valence-corrected chi connectivity index (χ1v) is 11.6. The number of phosphoric acid groups is 3. The molecule has 1 aliphatic heterocycles. The summed E-state index contributed by atoms with van der Waals surface area (Å²) in [5.74, 6) is 0. The standard InChI is InChI=1S/C9H15N2O14P3/c12-5-3-8(11-2-1-7(13)10-9(11)14)23-6(5)4-22-27(18,19)25-28(20,21)24-26(15,16)17/h1-2,5-6,8,12H,3-4H2,(H,18,19)(H,20,21)(H,10,13,14)(H2,15,16,17)/t5-,6+,8-/m0/s1. The number of aromatic amines is 1. The Morgan fingerprint density at radius 2 is 1.79 bits per heavy atom. The predicted molar refractivity (Wildman–Crippen MR) is 85.7 cm³/mol. The summed E-state index contributed by atoms with van der Waals surface area (Å²) < 4.78 is 51.0. The van der Waals surface area contributed by atoms with E-state index in [9.17, 15) is 33.3 Å². The fraction of sp³-hybridized carbons (Fsp3) is 0.556. The summed E-state index contributed by atoms with van der Waals surface area (Å²) in [5.41, 5.74) is -1.50. The fourth-order valence-electron chi connectivity index (χ4n) is 2.16. The van der Waals surface area contributed by atoms with Crippen LogP contribution in [0, 0.1) is 0 Å². The normalized spacial score (nSPS) is 27.2. The van der Waals surface area contributed by atoms with Gasteiger partial charge in [0, 0.05) is 18.7 Å². The molecule has 160 valence electrons. The number of hydrogen-bond acceptors (Lipinski definition) is 10. The van der Waals surface area contributed by atoms with Gasteiger partial charge < -0.3 is 29.4 Å². The lowest BCUT2D eigenvalue weighted by Gasteiger charge is -2.19. The van der Waals surface area contributed by atoms with Gasteiger partial charge in [0.25, 0.3) is 5.56 Å². The van der Waals surface area contributed by atoms with Gasteiger partial charge in [-0.1, -0.05) is 0 Å². The Hall–Kier alpha value is -0.990. The predicted octanol–water partition coefficient (Wildman–Crippen LogP) is -1.47. The van der Waals surface area contributed by atoms with Crippen molar-refractivity contribution in [1.29, 1.82) is 0 Å². The highest BCUT2D eigenvalue weighted by atomic mass is 31.3. The Labute approximate surface area is 154 Å². The quantitative estimate of drug-likeness (QED) is 0.239. The smallest absolute Gasteiger partial charge is 0.390 e. The zero-order valence-corrected chi connectivity index (χ0v) is 16.2.